The molecule has 0 atom stereocenters. The Morgan fingerprint density at radius 3 is 2.27 bits per heavy atom. The molecule has 2 amide bonds. The summed E-state index contributed by atoms with van der Waals surface area (Å²) in [6.45, 7) is 1.73. The molecule has 0 aromatic carbocycles. The molecule has 0 unspecified atom stereocenters. The second-order valence-electron chi connectivity index (χ2n) is 3.13. The number of Topliss-reactive ketones (excluding diaryl/α,β-unsaturated/α-hetero) is 1. The lowest BCUT2D eigenvalue weighted by molar-refractivity contribution is -0.197. The van der Waals surface area contributed by atoms with Gasteiger partial charge >= 0.3 is 5.97 Å². The summed E-state index contributed by atoms with van der Waals surface area (Å²) < 4.78 is 0. The highest BCUT2D eigenvalue weighted by Gasteiger charge is 2.34. The van der Waals surface area contributed by atoms with Crippen molar-refractivity contribution in [2.24, 2.45) is 0 Å². The standard InChI is InChI=1S/C9H11NO5/c1-2-3-6(11)9(14)15-10-7(12)4-5-8(10)13/h2-5H2,1H3. The number of imide groups is 1. The van der Waals surface area contributed by atoms with Crippen molar-refractivity contribution in [1.29, 1.82) is 0 Å². The van der Waals surface area contributed by atoms with Gasteiger partial charge in [0.2, 0.25) is 5.78 Å². The van der Waals surface area contributed by atoms with Gasteiger partial charge in [-0.3, -0.25) is 14.4 Å². The molecule has 0 saturated carbocycles. The van der Waals surface area contributed by atoms with Gasteiger partial charge in [-0.15, -0.1) is 5.06 Å². The van der Waals surface area contributed by atoms with Gasteiger partial charge in [-0.05, 0) is 6.42 Å². The molecule has 0 N–H and O–H groups in total. The Hall–Kier alpha value is -1.72. The maximum Gasteiger partial charge on any atom is 0.399 e. The normalized spacial score (nSPS) is 15.7. The topological polar surface area (TPSA) is 80.8 Å². The average Bonchev–Trinajstić information content (AvgIpc) is 2.49. The zero-order valence-corrected chi connectivity index (χ0v) is 8.32. The largest absolute Gasteiger partial charge is 0.399 e. The van der Waals surface area contributed by atoms with Crippen LogP contribution in [-0.2, 0) is 24.0 Å². The number of carbonyl (C=O) groups excluding carboxylic acids is 4. The van der Waals surface area contributed by atoms with E-state index in [1.54, 1.807) is 6.92 Å². The van der Waals surface area contributed by atoms with Crippen molar-refractivity contribution < 1.29 is 24.0 Å². The molecule has 1 heterocycles. The monoisotopic (exact) mass is 213 g/mol. The molecule has 0 spiro atoms. The van der Waals surface area contributed by atoms with E-state index in [1.807, 2.05) is 0 Å². The van der Waals surface area contributed by atoms with E-state index < -0.39 is 23.6 Å². The number of amides is 2. The van der Waals surface area contributed by atoms with Gasteiger partial charge in [-0.2, -0.15) is 0 Å². The van der Waals surface area contributed by atoms with Crippen LogP contribution in [0.1, 0.15) is 32.6 Å². The summed E-state index contributed by atoms with van der Waals surface area (Å²) in [6.07, 6.45) is 0.604. The Bertz CT molecular complexity index is 306. The Kier molecular flexibility index (Phi) is 3.54. The van der Waals surface area contributed by atoms with E-state index in [4.69, 9.17) is 0 Å². The summed E-state index contributed by atoms with van der Waals surface area (Å²) in [4.78, 5) is 48.5. The highest BCUT2D eigenvalue weighted by Crippen LogP contribution is 2.12. The third kappa shape index (κ3) is 2.61. The molecule has 6 nitrogen and oxygen atoms in total. The van der Waals surface area contributed by atoms with E-state index in [0.29, 0.717) is 11.5 Å². The molecule has 15 heavy (non-hydrogen) atoms. The maximum absolute atomic E-state index is 11.1. The van der Waals surface area contributed by atoms with Gasteiger partial charge in [-0.25, -0.2) is 4.79 Å². The third-order valence-corrected chi connectivity index (χ3v) is 1.88. The summed E-state index contributed by atoms with van der Waals surface area (Å²) in [6, 6.07) is 0. The number of rotatable bonds is 4. The van der Waals surface area contributed by atoms with Crippen molar-refractivity contribution in [3.05, 3.63) is 0 Å². The fourth-order valence-electron chi connectivity index (χ4n) is 1.12. The number of carbonyl (C=O) groups is 4. The Balaban J connectivity index is 2.54. The lowest BCUT2D eigenvalue weighted by Crippen LogP contribution is -2.34. The fraction of sp³-hybridized carbons (Fsp3) is 0.556. The van der Waals surface area contributed by atoms with Crippen LogP contribution in [0.3, 0.4) is 0 Å². The van der Waals surface area contributed by atoms with Gasteiger partial charge in [0.05, 0.1) is 0 Å². The van der Waals surface area contributed by atoms with Crippen LogP contribution in [0.5, 0.6) is 0 Å². The van der Waals surface area contributed by atoms with Gasteiger partial charge in [-0.1, -0.05) is 6.92 Å². The van der Waals surface area contributed by atoms with Crippen LogP contribution in [0.15, 0.2) is 0 Å². The van der Waals surface area contributed by atoms with Crippen molar-refractivity contribution in [2.75, 3.05) is 0 Å². The zero-order valence-electron chi connectivity index (χ0n) is 8.32. The molecule has 0 radical (unpaired) electrons. The first-order chi connectivity index (χ1) is 7.06. The van der Waals surface area contributed by atoms with Crippen LogP contribution < -0.4 is 0 Å². The number of hydrogen-bond acceptors (Lipinski definition) is 5. The lowest BCUT2D eigenvalue weighted by atomic mass is 10.2. The number of nitrogens with zero attached hydrogens (tertiary/aromatic N) is 1. The van der Waals surface area contributed by atoms with E-state index in [1.165, 1.54) is 0 Å². The van der Waals surface area contributed by atoms with E-state index in [-0.39, 0.29) is 19.3 Å². The second-order valence-corrected chi connectivity index (χ2v) is 3.13. The third-order valence-electron chi connectivity index (χ3n) is 1.88. The summed E-state index contributed by atoms with van der Waals surface area (Å²) in [7, 11) is 0. The molecular weight excluding hydrogens is 202 g/mol. The number of ketones is 1. The van der Waals surface area contributed by atoms with Gasteiger partial charge in [0.1, 0.15) is 0 Å². The van der Waals surface area contributed by atoms with Crippen LogP contribution in [-0.4, -0.2) is 28.6 Å². The summed E-state index contributed by atoms with van der Waals surface area (Å²) >= 11 is 0. The Morgan fingerprint density at radius 1 is 1.27 bits per heavy atom. The first-order valence-electron chi connectivity index (χ1n) is 4.67. The Labute approximate surface area is 86.1 Å². The quantitative estimate of drug-likeness (QED) is 0.483. The van der Waals surface area contributed by atoms with Crippen molar-refractivity contribution >= 4 is 23.6 Å². The van der Waals surface area contributed by atoms with Crippen LogP contribution in [0, 0.1) is 0 Å². The first kappa shape index (κ1) is 11.4. The van der Waals surface area contributed by atoms with Crippen LogP contribution in [0.4, 0.5) is 0 Å². The molecule has 0 aliphatic carbocycles. The molecule has 0 bridgehead atoms. The summed E-state index contributed by atoms with van der Waals surface area (Å²) in [5.41, 5.74) is 0. The minimum Gasteiger partial charge on any atom is -0.322 e. The average molecular weight is 213 g/mol. The molecule has 1 aliphatic rings. The molecule has 0 aromatic heterocycles. The highest BCUT2D eigenvalue weighted by molar-refractivity contribution is 6.33. The van der Waals surface area contributed by atoms with E-state index >= 15 is 0 Å². The maximum atomic E-state index is 11.1. The highest BCUT2D eigenvalue weighted by atomic mass is 16.7. The van der Waals surface area contributed by atoms with Gasteiger partial charge < -0.3 is 4.84 Å². The van der Waals surface area contributed by atoms with E-state index in [9.17, 15) is 19.2 Å². The molecule has 6 heteroatoms. The predicted octanol–water partition coefficient (Wildman–Crippen LogP) is -0.0372. The lowest BCUT2D eigenvalue weighted by Gasteiger charge is -2.11. The minimum atomic E-state index is -1.15. The van der Waals surface area contributed by atoms with E-state index in [0.717, 1.165) is 0 Å². The molecule has 1 aliphatic heterocycles. The molecular formula is C9H11NO5. The van der Waals surface area contributed by atoms with Crippen molar-refractivity contribution in [3.8, 4) is 0 Å². The van der Waals surface area contributed by atoms with Crippen molar-refractivity contribution in [1.82, 2.24) is 5.06 Å². The SMILES string of the molecule is CCCC(=O)C(=O)ON1C(=O)CCC1=O. The molecule has 1 fully saturated rings. The van der Waals surface area contributed by atoms with Crippen LogP contribution in [0.2, 0.25) is 0 Å². The molecule has 0 aromatic rings. The van der Waals surface area contributed by atoms with Crippen LogP contribution in [0.25, 0.3) is 0 Å². The minimum absolute atomic E-state index is 0.0219. The first-order valence-corrected chi connectivity index (χ1v) is 4.67. The summed E-state index contributed by atoms with van der Waals surface area (Å²) in [5, 5.41) is 0.371. The summed E-state index contributed by atoms with van der Waals surface area (Å²) in [5.74, 6) is -3.05. The molecule has 1 rings (SSSR count). The molecule has 82 valence electrons. The number of hydroxylamine groups is 2. The van der Waals surface area contributed by atoms with Gasteiger partial charge in [0.25, 0.3) is 11.8 Å². The second kappa shape index (κ2) is 4.68. The smallest absolute Gasteiger partial charge is 0.322 e. The van der Waals surface area contributed by atoms with Crippen LogP contribution >= 0.6 is 0 Å². The van der Waals surface area contributed by atoms with Gasteiger partial charge in [0, 0.05) is 19.3 Å². The van der Waals surface area contributed by atoms with Crippen molar-refractivity contribution in [3.63, 3.8) is 0 Å². The molecule has 1 saturated heterocycles. The number of hydrogen-bond donors (Lipinski definition) is 0. The zero-order chi connectivity index (χ0) is 11.4. The Morgan fingerprint density at radius 2 is 1.80 bits per heavy atom. The fourth-order valence-corrected chi connectivity index (χ4v) is 1.12. The van der Waals surface area contributed by atoms with Crippen molar-refractivity contribution in [2.45, 2.75) is 32.6 Å². The predicted molar refractivity (Wildman–Crippen MR) is 47.1 cm³/mol. The van der Waals surface area contributed by atoms with E-state index in [2.05, 4.69) is 4.84 Å². The van der Waals surface area contributed by atoms with Gasteiger partial charge in [0.15, 0.2) is 0 Å².